The van der Waals surface area contributed by atoms with Crippen LogP contribution in [0.4, 0.5) is 0 Å². The van der Waals surface area contributed by atoms with E-state index in [9.17, 15) is 4.79 Å². The summed E-state index contributed by atoms with van der Waals surface area (Å²) >= 11 is 3.07. The molecule has 0 bridgehead atoms. The predicted molar refractivity (Wildman–Crippen MR) is 41.0 cm³/mol. The van der Waals surface area contributed by atoms with Gasteiger partial charge in [-0.3, -0.25) is 0 Å². The Balaban J connectivity index is 3.26. The number of carbonyl (C=O) groups excluding carboxylic acids is 1. The van der Waals surface area contributed by atoms with Crippen molar-refractivity contribution in [3.8, 4) is 0 Å². The van der Waals surface area contributed by atoms with E-state index < -0.39 is 0 Å². The van der Waals surface area contributed by atoms with E-state index >= 15 is 0 Å². The lowest BCUT2D eigenvalue weighted by Gasteiger charge is -2.05. The summed E-state index contributed by atoms with van der Waals surface area (Å²) in [6, 6.07) is 0. The van der Waals surface area contributed by atoms with Gasteiger partial charge < -0.3 is 9.47 Å². The first-order valence-corrected chi connectivity index (χ1v) is 3.99. The Kier molecular flexibility index (Phi) is 5.63. The fraction of sp³-hybridized carbons (Fsp3) is 0.833. The van der Waals surface area contributed by atoms with Gasteiger partial charge in [0.05, 0.1) is 0 Å². The molecule has 0 aliphatic rings. The molecule has 0 aliphatic carbocycles. The van der Waals surface area contributed by atoms with Crippen LogP contribution in [-0.2, 0) is 14.3 Å². The molecule has 0 N–H and O–H groups in total. The second kappa shape index (κ2) is 5.68. The summed E-state index contributed by atoms with van der Waals surface area (Å²) < 4.78 is 9.51. The number of rotatable bonds is 4. The number of ether oxygens (including phenoxy) is 2. The lowest BCUT2D eigenvalue weighted by molar-refractivity contribution is -0.149. The van der Waals surface area contributed by atoms with E-state index in [1.807, 2.05) is 6.92 Å². The van der Waals surface area contributed by atoms with E-state index in [1.54, 1.807) is 6.92 Å². The minimum Gasteiger partial charge on any atom is -0.449 e. The maximum Gasteiger partial charge on any atom is 0.333 e. The SMILES string of the molecule is CCOCC(=O)OC(C)Br. The quantitative estimate of drug-likeness (QED) is 0.519. The summed E-state index contributed by atoms with van der Waals surface area (Å²) in [4.78, 5) is 10.6. The van der Waals surface area contributed by atoms with Gasteiger partial charge in [0, 0.05) is 6.61 Å². The molecular formula is C6H11BrO3. The van der Waals surface area contributed by atoms with Crippen molar-refractivity contribution in [3.63, 3.8) is 0 Å². The highest BCUT2D eigenvalue weighted by Gasteiger charge is 2.04. The molecule has 0 spiro atoms. The van der Waals surface area contributed by atoms with E-state index in [2.05, 4.69) is 15.9 Å². The van der Waals surface area contributed by atoms with Crippen LogP contribution in [0.15, 0.2) is 0 Å². The predicted octanol–water partition coefficient (Wildman–Crippen LogP) is 1.31. The molecule has 3 nitrogen and oxygen atoms in total. The Hall–Kier alpha value is -0.0900. The molecule has 0 radical (unpaired) electrons. The summed E-state index contributed by atoms with van der Waals surface area (Å²) in [7, 11) is 0. The maximum atomic E-state index is 10.6. The maximum absolute atomic E-state index is 10.6. The fourth-order valence-electron chi connectivity index (χ4n) is 0.401. The van der Waals surface area contributed by atoms with Crippen LogP contribution in [0.25, 0.3) is 0 Å². The van der Waals surface area contributed by atoms with Gasteiger partial charge in [0.25, 0.3) is 0 Å². The zero-order valence-electron chi connectivity index (χ0n) is 6.09. The van der Waals surface area contributed by atoms with Crippen LogP contribution in [0.3, 0.4) is 0 Å². The average molecular weight is 211 g/mol. The van der Waals surface area contributed by atoms with Crippen molar-refractivity contribution in [2.45, 2.75) is 18.9 Å². The number of hydrogen-bond acceptors (Lipinski definition) is 3. The van der Waals surface area contributed by atoms with Crippen LogP contribution in [0.5, 0.6) is 0 Å². The van der Waals surface area contributed by atoms with Gasteiger partial charge in [0.15, 0.2) is 5.01 Å². The number of hydrogen-bond donors (Lipinski definition) is 0. The molecule has 1 atom stereocenters. The molecular weight excluding hydrogens is 200 g/mol. The van der Waals surface area contributed by atoms with Gasteiger partial charge in [-0.25, -0.2) is 4.79 Å². The third-order valence-corrected chi connectivity index (χ3v) is 0.905. The normalized spacial score (nSPS) is 12.7. The number of carbonyl (C=O) groups is 1. The van der Waals surface area contributed by atoms with Gasteiger partial charge in [-0.1, -0.05) is 0 Å². The van der Waals surface area contributed by atoms with Crippen LogP contribution >= 0.6 is 15.9 Å². The molecule has 0 rings (SSSR count). The molecule has 4 heteroatoms. The zero-order valence-corrected chi connectivity index (χ0v) is 7.68. The highest BCUT2D eigenvalue weighted by molar-refractivity contribution is 9.09. The summed E-state index contributed by atoms with van der Waals surface area (Å²) in [6.07, 6.45) is 0. The summed E-state index contributed by atoms with van der Waals surface area (Å²) in [5.74, 6) is -0.341. The van der Waals surface area contributed by atoms with Crippen molar-refractivity contribution in [1.82, 2.24) is 0 Å². The largest absolute Gasteiger partial charge is 0.449 e. The summed E-state index contributed by atoms with van der Waals surface area (Å²) in [5.41, 5.74) is 0. The zero-order chi connectivity index (χ0) is 7.98. The van der Waals surface area contributed by atoms with E-state index in [4.69, 9.17) is 9.47 Å². The van der Waals surface area contributed by atoms with Gasteiger partial charge >= 0.3 is 5.97 Å². The molecule has 0 heterocycles. The van der Waals surface area contributed by atoms with Crippen molar-refractivity contribution in [1.29, 1.82) is 0 Å². The van der Waals surface area contributed by atoms with E-state index in [0.717, 1.165) is 0 Å². The smallest absolute Gasteiger partial charge is 0.333 e. The van der Waals surface area contributed by atoms with Crippen LogP contribution < -0.4 is 0 Å². The Morgan fingerprint density at radius 3 is 2.70 bits per heavy atom. The first-order valence-electron chi connectivity index (χ1n) is 3.08. The van der Waals surface area contributed by atoms with Gasteiger partial charge in [0.1, 0.15) is 6.61 Å². The fourth-order valence-corrected chi connectivity index (χ4v) is 0.609. The van der Waals surface area contributed by atoms with Crippen molar-refractivity contribution in [2.75, 3.05) is 13.2 Å². The number of halogens is 1. The molecule has 0 amide bonds. The van der Waals surface area contributed by atoms with Crippen LogP contribution in [0.1, 0.15) is 13.8 Å². The first-order chi connectivity index (χ1) is 4.66. The van der Waals surface area contributed by atoms with Crippen molar-refractivity contribution >= 4 is 21.9 Å². The third kappa shape index (κ3) is 6.04. The highest BCUT2D eigenvalue weighted by atomic mass is 79.9. The number of alkyl halides is 1. The molecule has 0 aromatic heterocycles. The van der Waals surface area contributed by atoms with Crippen molar-refractivity contribution < 1.29 is 14.3 Å². The topological polar surface area (TPSA) is 35.5 Å². The van der Waals surface area contributed by atoms with Crippen molar-refractivity contribution in [3.05, 3.63) is 0 Å². The minimum absolute atomic E-state index is 0.0342. The second-order valence-corrected chi connectivity index (χ2v) is 2.96. The summed E-state index contributed by atoms with van der Waals surface area (Å²) in [6.45, 7) is 4.12. The molecule has 60 valence electrons. The molecule has 0 aliphatic heterocycles. The molecule has 10 heavy (non-hydrogen) atoms. The Morgan fingerprint density at radius 1 is 1.70 bits per heavy atom. The highest BCUT2D eigenvalue weighted by Crippen LogP contribution is 1.99. The average Bonchev–Trinajstić information content (AvgIpc) is 1.82. The van der Waals surface area contributed by atoms with Gasteiger partial charge in [-0.15, -0.1) is 0 Å². The molecule has 0 saturated carbocycles. The molecule has 0 aromatic carbocycles. The molecule has 0 aromatic rings. The second-order valence-electron chi connectivity index (χ2n) is 1.67. The van der Waals surface area contributed by atoms with Crippen LogP contribution in [-0.4, -0.2) is 24.2 Å². The Morgan fingerprint density at radius 2 is 2.30 bits per heavy atom. The van der Waals surface area contributed by atoms with Gasteiger partial charge in [-0.2, -0.15) is 0 Å². The lowest BCUT2D eigenvalue weighted by Crippen LogP contribution is -2.15. The van der Waals surface area contributed by atoms with E-state index in [1.165, 1.54) is 0 Å². The minimum atomic E-state index is -0.341. The first kappa shape index (κ1) is 9.91. The van der Waals surface area contributed by atoms with Crippen LogP contribution in [0.2, 0.25) is 0 Å². The van der Waals surface area contributed by atoms with Crippen molar-refractivity contribution in [2.24, 2.45) is 0 Å². The Bertz CT molecular complexity index is 103. The molecule has 0 fully saturated rings. The monoisotopic (exact) mass is 210 g/mol. The van der Waals surface area contributed by atoms with Gasteiger partial charge in [0.2, 0.25) is 0 Å². The molecule has 0 saturated heterocycles. The van der Waals surface area contributed by atoms with E-state index in [-0.39, 0.29) is 17.6 Å². The van der Waals surface area contributed by atoms with Gasteiger partial charge in [-0.05, 0) is 29.8 Å². The summed E-state index contributed by atoms with van der Waals surface area (Å²) in [5, 5.41) is -0.236. The lowest BCUT2D eigenvalue weighted by atomic mass is 10.7. The third-order valence-electron chi connectivity index (χ3n) is 0.718. The standard InChI is InChI=1S/C6H11BrO3/c1-3-9-4-6(8)10-5(2)7/h5H,3-4H2,1-2H3. The Labute approximate surface area is 68.8 Å². The molecule has 1 unspecified atom stereocenters. The van der Waals surface area contributed by atoms with Crippen LogP contribution in [0, 0.1) is 0 Å². The van der Waals surface area contributed by atoms with E-state index in [0.29, 0.717) is 6.61 Å². The number of esters is 1.